The van der Waals surface area contributed by atoms with Crippen LogP contribution < -0.4 is 4.74 Å². The standard InChI is InChI=1S/C12H15BrFNO3/c1-8(2)9(6-13)7-18-12-10(14)4-3-5-11(12)15(16)17/h3-5,8-9H,6-7H2,1-2H3. The fraction of sp³-hybridized carbons (Fsp3) is 0.500. The highest BCUT2D eigenvalue weighted by Gasteiger charge is 2.21. The van der Waals surface area contributed by atoms with Crippen molar-refractivity contribution in [3.8, 4) is 5.75 Å². The number of hydrogen-bond donors (Lipinski definition) is 0. The molecule has 0 heterocycles. The molecule has 0 spiro atoms. The molecule has 0 radical (unpaired) electrons. The van der Waals surface area contributed by atoms with Crippen molar-refractivity contribution in [3.05, 3.63) is 34.1 Å². The van der Waals surface area contributed by atoms with E-state index < -0.39 is 10.7 Å². The molecule has 100 valence electrons. The van der Waals surface area contributed by atoms with E-state index in [0.717, 1.165) is 6.07 Å². The minimum Gasteiger partial charge on any atom is -0.484 e. The Balaban J connectivity index is 2.87. The zero-order chi connectivity index (χ0) is 13.7. The minimum atomic E-state index is -0.707. The summed E-state index contributed by atoms with van der Waals surface area (Å²) in [4.78, 5) is 10.1. The van der Waals surface area contributed by atoms with Gasteiger partial charge in [0.2, 0.25) is 5.75 Å². The predicted molar refractivity (Wildman–Crippen MR) is 70.7 cm³/mol. The summed E-state index contributed by atoms with van der Waals surface area (Å²) in [6, 6.07) is 3.68. The van der Waals surface area contributed by atoms with E-state index in [1.54, 1.807) is 0 Å². The average Bonchev–Trinajstić information content (AvgIpc) is 2.30. The third-order valence-corrected chi connectivity index (χ3v) is 3.56. The van der Waals surface area contributed by atoms with Crippen LogP contribution in [0.15, 0.2) is 18.2 Å². The highest BCUT2D eigenvalue weighted by Crippen LogP contribution is 2.30. The summed E-state index contributed by atoms with van der Waals surface area (Å²) in [6.45, 7) is 4.28. The topological polar surface area (TPSA) is 52.4 Å². The largest absolute Gasteiger partial charge is 0.484 e. The number of rotatable bonds is 6. The Hall–Kier alpha value is -1.17. The Morgan fingerprint density at radius 3 is 2.67 bits per heavy atom. The van der Waals surface area contributed by atoms with Gasteiger partial charge in [0.1, 0.15) is 0 Å². The molecule has 0 aliphatic heterocycles. The van der Waals surface area contributed by atoms with Crippen LogP contribution in [0.25, 0.3) is 0 Å². The highest BCUT2D eigenvalue weighted by molar-refractivity contribution is 9.09. The second kappa shape index (κ2) is 6.68. The van der Waals surface area contributed by atoms with Crippen molar-refractivity contribution in [2.45, 2.75) is 13.8 Å². The summed E-state index contributed by atoms with van der Waals surface area (Å²) in [7, 11) is 0. The SMILES string of the molecule is CC(C)C(CBr)COc1c(F)cccc1[N+](=O)[O-]. The number of nitro groups is 1. The summed E-state index contributed by atoms with van der Waals surface area (Å²) in [5.74, 6) is -0.477. The van der Waals surface area contributed by atoms with Gasteiger partial charge in [0, 0.05) is 17.3 Å². The number of alkyl halides is 1. The molecule has 18 heavy (non-hydrogen) atoms. The molecule has 0 saturated carbocycles. The van der Waals surface area contributed by atoms with Crippen molar-refractivity contribution in [1.29, 1.82) is 0 Å². The fourth-order valence-electron chi connectivity index (χ4n) is 1.39. The van der Waals surface area contributed by atoms with Gasteiger partial charge in [0.15, 0.2) is 5.82 Å². The van der Waals surface area contributed by atoms with E-state index >= 15 is 0 Å². The van der Waals surface area contributed by atoms with Gasteiger partial charge >= 0.3 is 5.69 Å². The molecular weight excluding hydrogens is 305 g/mol. The van der Waals surface area contributed by atoms with Crippen LogP contribution in [-0.2, 0) is 0 Å². The Morgan fingerprint density at radius 1 is 1.50 bits per heavy atom. The lowest BCUT2D eigenvalue weighted by molar-refractivity contribution is -0.386. The summed E-state index contributed by atoms with van der Waals surface area (Å²) < 4.78 is 18.8. The smallest absolute Gasteiger partial charge is 0.314 e. The van der Waals surface area contributed by atoms with Crippen molar-refractivity contribution in [2.24, 2.45) is 11.8 Å². The molecule has 4 nitrogen and oxygen atoms in total. The monoisotopic (exact) mass is 319 g/mol. The van der Waals surface area contributed by atoms with E-state index in [2.05, 4.69) is 15.9 Å². The Morgan fingerprint density at radius 2 is 2.17 bits per heavy atom. The molecular formula is C12H15BrFNO3. The molecule has 1 aromatic carbocycles. The first kappa shape index (κ1) is 14.9. The van der Waals surface area contributed by atoms with E-state index in [9.17, 15) is 14.5 Å². The summed E-state index contributed by atoms with van der Waals surface area (Å²) in [5, 5.41) is 11.5. The van der Waals surface area contributed by atoms with E-state index in [0.29, 0.717) is 11.2 Å². The second-order valence-corrected chi connectivity index (χ2v) is 4.96. The summed E-state index contributed by atoms with van der Waals surface area (Å²) >= 11 is 3.35. The van der Waals surface area contributed by atoms with Crippen molar-refractivity contribution in [2.75, 3.05) is 11.9 Å². The van der Waals surface area contributed by atoms with Gasteiger partial charge in [0.05, 0.1) is 11.5 Å². The van der Waals surface area contributed by atoms with E-state index in [1.165, 1.54) is 12.1 Å². The van der Waals surface area contributed by atoms with Crippen LogP contribution in [-0.4, -0.2) is 16.9 Å². The van der Waals surface area contributed by atoms with Gasteiger partial charge in [-0.2, -0.15) is 0 Å². The third kappa shape index (κ3) is 3.66. The van der Waals surface area contributed by atoms with Crippen LogP contribution in [0.1, 0.15) is 13.8 Å². The van der Waals surface area contributed by atoms with Crippen LogP contribution in [0.2, 0.25) is 0 Å². The first-order valence-electron chi connectivity index (χ1n) is 5.59. The van der Waals surface area contributed by atoms with Crippen molar-refractivity contribution < 1.29 is 14.1 Å². The van der Waals surface area contributed by atoms with Crippen molar-refractivity contribution >= 4 is 21.6 Å². The van der Waals surface area contributed by atoms with Gasteiger partial charge in [-0.15, -0.1) is 0 Å². The third-order valence-electron chi connectivity index (χ3n) is 2.73. The maximum atomic E-state index is 13.5. The van der Waals surface area contributed by atoms with Crippen LogP contribution in [0.3, 0.4) is 0 Å². The number of nitro benzene ring substituents is 1. The van der Waals surface area contributed by atoms with Gasteiger partial charge in [-0.1, -0.05) is 35.8 Å². The number of halogens is 2. The second-order valence-electron chi connectivity index (χ2n) is 4.31. The molecule has 0 aromatic heterocycles. The van der Waals surface area contributed by atoms with Crippen LogP contribution >= 0.6 is 15.9 Å². The molecule has 1 aromatic rings. The number of para-hydroxylation sites is 1. The quantitative estimate of drug-likeness (QED) is 0.455. The average molecular weight is 320 g/mol. The zero-order valence-corrected chi connectivity index (χ0v) is 11.8. The highest BCUT2D eigenvalue weighted by atomic mass is 79.9. The zero-order valence-electron chi connectivity index (χ0n) is 10.2. The molecule has 0 aliphatic rings. The molecule has 0 saturated heterocycles. The Bertz CT molecular complexity index is 426. The normalized spacial score (nSPS) is 12.5. The molecule has 0 bridgehead atoms. The lowest BCUT2D eigenvalue weighted by Gasteiger charge is -2.18. The van der Waals surface area contributed by atoms with Gasteiger partial charge in [-0.25, -0.2) is 4.39 Å². The fourth-order valence-corrected chi connectivity index (χ4v) is 2.32. The maximum absolute atomic E-state index is 13.5. The summed E-state index contributed by atoms with van der Waals surface area (Å²) in [5.41, 5.74) is -0.341. The maximum Gasteiger partial charge on any atom is 0.314 e. The first-order valence-corrected chi connectivity index (χ1v) is 6.71. The number of nitrogens with zero attached hydrogens (tertiary/aromatic N) is 1. The first-order chi connectivity index (χ1) is 8.47. The molecule has 0 aliphatic carbocycles. The van der Waals surface area contributed by atoms with Crippen molar-refractivity contribution in [3.63, 3.8) is 0 Å². The Kier molecular flexibility index (Phi) is 5.53. The summed E-state index contributed by atoms with van der Waals surface area (Å²) in [6.07, 6.45) is 0. The van der Waals surface area contributed by atoms with Gasteiger partial charge in [-0.05, 0) is 12.0 Å². The van der Waals surface area contributed by atoms with Crippen LogP contribution in [0, 0.1) is 27.8 Å². The van der Waals surface area contributed by atoms with E-state index in [1.807, 2.05) is 13.8 Å². The molecule has 0 N–H and O–H groups in total. The van der Waals surface area contributed by atoms with E-state index in [4.69, 9.17) is 4.74 Å². The molecule has 1 unspecified atom stereocenters. The van der Waals surface area contributed by atoms with Gasteiger partial charge in [0.25, 0.3) is 0 Å². The van der Waals surface area contributed by atoms with Gasteiger partial charge in [-0.3, -0.25) is 10.1 Å². The number of hydrogen-bond acceptors (Lipinski definition) is 3. The molecule has 1 atom stereocenters. The van der Waals surface area contributed by atoms with Gasteiger partial charge < -0.3 is 4.74 Å². The molecule has 0 fully saturated rings. The lowest BCUT2D eigenvalue weighted by atomic mass is 9.99. The predicted octanol–water partition coefficient (Wildman–Crippen LogP) is 3.78. The minimum absolute atomic E-state index is 0.171. The van der Waals surface area contributed by atoms with Crippen LogP contribution in [0.4, 0.5) is 10.1 Å². The Labute approximate surface area is 113 Å². The number of benzene rings is 1. The lowest BCUT2D eigenvalue weighted by Crippen LogP contribution is -2.20. The van der Waals surface area contributed by atoms with Crippen molar-refractivity contribution in [1.82, 2.24) is 0 Å². The van der Waals surface area contributed by atoms with Crippen LogP contribution in [0.5, 0.6) is 5.75 Å². The molecule has 0 amide bonds. The molecule has 1 rings (SSSR count). The molecule has 6 heteroatoms. The number of ether oxygens (including phenoxy) is 1. The van der Waals surface area contributed by atoms with E-state index in [-0.39, 0.29) is 24.0 Å².